The van der Waals surface area contributed by atoms with Gasteiger partial charge < -0.3 is 9.88 Å². The fourth-order valence-electron chi connectivity index (χ4n) is 2.81. The average Bonchev–Trinajstić information content (AvgIpc) is 2.53. The van der Waals surface area contributed by atoms with Crippen molar-refractivity contribution in [3.63, 3.8) is 0 Å². The summed E-state index contributed by atoms with van der Waals surface area (Å²) in [6, 6.07) is 7.53. The van der Waals surface area contributed by atoms with Gasteiger partial charge in [0, 0.05) is 12.6 Å². The highest BCUT2D eigenvalue weighted by atomic mass is 32.2. The minimum atomic E-state index is -0.160. The number of aromatic nitrogens is 2. The summed E-state index contributed by atoms with van der Waals surface area (Å²) in [5, 5.41) is 1.07. The molecule has 0 saturated carbocycles. The summed E-state index contributed by atoms with van der Waals surface area (Å²) < 4.78 is 0. The molecule has 3 rings (SSSR count). The minimum Gasteiger partial charge on any atom is -0.339 e. The second-order valence-electron chi connectivity index (χ2n) is 5.61. The van der Waals surface area contributed by atoms with Crippen molar-refractivity contribution in [1.29, 1.82) is 0 Å². The van der Waals surface area contributed by atoms with Crippen LogP contribution in [-0.2, 0) is 4.79 Å². The lowest BCUT2D eigenvalue weighted by Gasteiger charge is -2.33. The van der Waals surface area contributed by atoms with Gasteiger partial charge in [-0.3, -0.25) is 9.59 Å². The number of H-pyrrole nitrogens is 1. The van der Waals surface area contributed by atoms with E-state index in [1.807, 2.05) is 23.1 Å². The molecule has 1 atom stereocenters. The van der Waals surface area contributed by atoms with Crippen LogP contribution in [0.25, 0.3) is 10.9 Å². The van der Waals surface area contributed by atoms with Crippen LogP contribution in [0, 0.1) is 0 Å². The van der Waals surface area contributed by atoms with Crippen molar-refractivity contribution >= 4 is 28.6 Å². The Bertz CT molecular complexity index is 743. The first kappa shape index (κ1) is 15.1. The number of amides is 1. The van der Waals surface area contributed by atoms with E-state index in [0.717, 1.165) is 19.4 Å². The molecule has 0 radical (unpaired) electrons. The van der Waals surface area contributed by atoms with Gasteiger partial charge >= 0.3 is 0 Å². The molecule has 1 N–H and O–H groups in total. The minimum absolute atomic E-state index is 0.119. The van der Waals surface area contributed by atoms with E-state index in [4.69, 9.17) is 0 Å². The molecule has 6 heteroatoms. The summed E-state index contributed by atoms with van der Waals surface area (Å²) in [6.07, 6.45) is 3.34. The zero-order valence-corrected chi connectivity index (χ0v) is 13.4. The highest BCUT2D eigenvalue weighted by molar-refractivity contribution is 7.99. The third kappa shape index (κ3) is 3.16. The van der Waals surface area contributed by atoms with Gasteiger partial charge in [0.15, 0.2) is 5.16 Å². The third-order valence-electron chi connectivity index (χ3n) is 4.05. The summed E-state index contributed by atoms with van der Waals surface area (Å²) in [5.74, 6) is 0.430. The Morgan fingerprint density at radius 3 is 3.05 bits per heavy atom. The number of carbonyl (C=O) groups is 1. The Morgan fingerprint density at radius 2 is 2.23 bits per heavy atom. The number of piperidine rings is 1. The molecule has 116 valence electrons. The van der Waals surface area contributed by atoms with E-state index in [9.17, 15) is 9.59 Å². The average molecular weight is 317 g/mol. The number of fused-ring (bicyclic) bond motifs is 1. The standard InChI is InChI=1S/C16H19N3O2S/c1-11-6-4-5-9-19(11)14(20)10-22-16-17-13-8-3-2-7-12(13)15(21)18-16/h2-3,7-8,11H,4-6,9-10H2,1H3,(H,17,18,21)/t11-/m1/s1. The number of para-hydroxylation sites is 1. The molecule has 0 bridgehead atoms. The fraction of sp³-hybridized carbons (Fsp3) is 0.438. The van der Waals surface area contributed by atoms with Crippen molar-refractivity contribution in [3.05, 3.63) is 34.6 Å². The van der Waals surface area contributed by atoms with Crippen LogP contribution in [0.5, 0.6) is 0 Å². The quantitative estimate of drug-likeness (QED) is 0.697. The van der Waals surface area contributed by atoms with Crippen LogP contribution in [0.1, 0.15) is 26.2 Å². The van der Waals surface area contributed by atoms with E-state index in [0.29, 0.717) is 27.9 Å². The Hall–Kier alpha value is -1.82. The second kappa shape index (κ2) is 6.52. The largest absolute Gasteiger partial charge is 0.339 e. The molecule has 1 saturated heterocycles. The number of hydrogen-bond acceptors (Lipinski definition) is 4. The number of thioether (sulfide) groups is 1. The van der Waals surface area contributed by atoms with Crippen LogP contribution in [-0.4, -0.2) is 39.1 Å². The van der Waals surface area contributed by atoms with Crippen LogP contribution in [0.2, 0.25) is 0 Å². The van der Waals surface area contributed by atoms with Gasteiger partial charge in [-0.2, -0.15) is 0 Å². The molecule has 1 aromatic carbocycles. The summed E-state index contributed by atoms with van der Waals surface area (Å²) in [4.78, 5) is 33.4. The van der Waals surface area contributed by atoms with E-state index >= 15 is 0 Å². The molecule has 22 heavy (non-hydrogen) atoms. The maximum Gasteiger partial charge on any atom is 0.259 e. The monoisotopic (exact) mass is 317 g/mol. The van der Waals surface area contributed by atoms with Crippen LogP contribution >= 0.6 is 11.8 Å². The third-order valence-corrected chi connectivity index (χ3v) is 4.90. The van der Waals surface area contributed by atoms with Gasteiger partial charge in [0.05, 0.1) is 16.7 Å². The molecule has 0 spiro atoms. The zero-order valence-electron chi connectivity index (χ0n) is 12.5. The van der Waals surface area contributed by atoms with Gasteiger partial charge in [0.2, 0.25) is 5.91 Å². The SMILES string of the molecule is C[C@@H]1CCCCN1C(=O)CSc1nc2ccccc2c(=O)[nH]1. The summed E-state index contributed by atoms with van der Waals surface area (Å²) in [6.45, 7) is 2.93. The predicted molar refractivity (Wildman–Crippen MR) is 88.1 cm³/mol. The lowest BCUT2D eigenvalue weighted by Crippen LogP contribution is -2.43. The van der Waals surface area contributed by atoms with E-state index in [-0.39, 0.29) is 11.5 Å². The second-order valence-corrected chi connectivity index (χ2v) is 6.57. The molecule has 1 aliphatic heterocycles. The van der Waals surface area contributed by atoms with E-state index < -0.39 is 0 Å². The maximum atomic E-state index is 12.3. The van der Waals surface area contributed by atoms with E-state index in [1.54, 1.807) is 6.07 Å². The normalized spacial score (nSPS) is 18.6. The van der Waals surface area contributed by atoms with Gasteiger partial charge in [0.1, 0.15) is 0 Å². The van der Waals surface area contributed by atoms with Crippen molar-refractivity contribution in [2.75, 3.05) is 12.3 Å². The van der Waals surface area contributed by atoms with E-state index in [1.165, 1.54) is 18.2 Å². The molecule has 1 fully saturated rings. The lowest BCUT2D eigenvalue weighted by molar-refractivity contribution is -0.131. The number of benzene rings is 1. The zero-order chi connectivity index (χ0) is 15.5. The smallest absolute Gasteiger partial charge is 0.259 e. The summed E-state index contributed by atoms with van der Waals surface area (Å²) in [7, 11) is 0. The molecular weight excluding hydrogens is 298 g/mol. The van der Waals surface area contributed by atoms with Gasteiger partial charge in [0.25, 0.3) is 5.56 Å². The van der Waals surface area contributed by atoms with Crippen molar-refractivity contribution in [2.24, 2.45) is 0 Å². The van der Waals surface area contributed by atoms with Crippen LogP contribution in [0.15, 0.2) is 34.2 Å². The molecule has 1 amide bonds. The van der Waals surface area contributed by atoms with E-state index in [2.05, 4.69) is 16.9 Å². The van der Waals surface area contributed by atoms with Crippen LogP contribution in [0.4, 0.5) is 0 Å². The molecule has 5 nitrogen and oxygen atoms in total. The lowest BCUT2D eigenvalue weighted by atomic mass is 10.0. The van der Waals surface area contributed by atoms with Crippen molar-refractivity contribution < 1.29 is 4.79 Å². The Kier molecular flexibility index (Phi) is 4.47. The number of carbonyl (C=O) groups excluding carboxylic acids is 1. The summed E-state index contributed by atoms with van der Waals surface area (Å²) in [5.41, 5.74) is 0.499. The van der Waals surface area contributed by atoms with Gasteiger partial charge in [-0.1, -0.05) is 23.9 Å². The Labute approximate surface area is 133 Å². The van der Waals surface area contributed by atoms with Crippen molar-refractivity contribution in [2.45, 2.75) is 37.4 Å². The number of likely N-dealkylation sites (tertiary alicyclic amines) is 1. The first-order valence-corrected chi connectivity index (χ1v) is 8.55. The summed E-state index contributed by atoms with van der Waals surface area (Å²) >= 11 is 1.30. The molecular formula is C16H19N3O2S. The first-order valence-electron chi connectivity index (χ1n) is 7.56. The van der Waals surface area contributed by atoms with Gasteiger partial charge in [-0.25, -0.2) is 4.98 Å². The van der Waals surface area contributed by atoms with Crippen LogP contribution < -0.4 is 5.56 Å². The topological polar surface area (TPSA) is 66.1 Å². The molecule has 0 aliphatic carbocycles. The number of hydrogen-bond donors (Lipinski definition) is 1. The molecule has 1 aliphatic rings. The van der Waals surface area contributed by atoms with Gasteiger partial charge in [-0.05, 0) is 38.3 Å². The highest BCUT2D eigenvalue weighted by Gasteiger charge is 2.23. The Balaban J connectivity index is 1.71. The fourth-order valence-corrected chi connectivity index (χ4v) is 3.57. The molecule has 1 aromatic heterocycles. The highest BCUT2D eigenvalue weighted by Crippen LogP contribution is 2.20. The number of rotatable bonds is 3. The Morgan fingerprint density at radius 1 is 1.41 bits per heavy atom. The predicted octanol–water partition coefficient (Wildman–Crippen LogP) is 2.42. The number of aromatic amines is 1. The molecule has 2 heterocycles. The molecule has 2 aromatic rings. The molecule has 0 unspecified atom stereocenters. The van der Waals surface area contributed by atoms with Gasteiger partial charge in [-0.15, -0.1) is 0 Å². The van der Waals surface area contributed by atoms with Crippen molar-refractivity contribution in [1.82, 2.24) is 14.9 Å². The van der Waals surface area contributed by atoms with Crippen LogP contribution in [0.3, 0.4) is 0 Å². The maximum absolute atomic E-state index is 12.3. The van der Waals surface area contributed by atoms with Crippen molar-refractivity contribution in [3.8, 4) is 0 Å². The number of nitrogens with zero attached hydrogens (tertiary/aromatic N) is 2. The number of nitrogens with one attached hydrogen (secondary N) is 1. The first-order chi connectivity index (χ1) is 10.6.